The summed E-state index contributed by atoms with van der Waals surface area (Å²) in [5, 5.41) is 16.7. The smallest absolute Gasteiger partial charge is 0.388 e. The predicted octanol–water partition coefficient (Wildman–Crippen LogP) is 4.73. The Balaban J connectivity index is 1.37. The Labute approximate surface area is 245 Å². The van der Waals surface area contributed by atoms with Gasteiger partial charge in [0.05, 0.1) is 23.4 Å². The number of nitrogens with one attached hydrogen (secondary N) is 1. The molecule has 2 aliphatic rings. The number of rotatable bonds is 8. The van der Waals surface area contributed by atoms with E-state index < -0.39 is 65.4 Å². The van der Waals surface area contributed by atoms with Crippen molar-refractivity contribution in [1.29, 1.82) is 0 Å². The molecule has 44 heavy (non-hydrogen) atoms. The molecule has 228 valence electrons. The van der Waals surface area contributed by atoms with Crippen LogP contribution >= 0.6 is 0 Å². The van der Waals surface area contributed by atoms with Crippen LogP contribution in [0.2, 0.25) is 0 Å². The maximum Gasteiger partial charge on any atom is 0.435 e. The zero-order valence-electron chi connectivity index (χ0n) is 22.6. The third kappa shape index (κ3) is 5.41. The van der Waals surface area contributed by atoms with Gasteiger partial charge in [-0.05, 0) is 60.2 Å². The second kappa shape index (κ2) is 10.8. The minimum Gasteiger partial charge on any atom is -0.388 e. The van der Waals surface area contributed by atoms with Crippen molar-refractivity contribution in [3.63, 3.8) is 0 Å². The Kier molecular flexibility index (Phi) is 7.19. The van der Waals surface area contributed by atoms with E-state index in [1.54, 1.807) is 6.07 Å². The van der Waals surface area contributed by atoms with Crippen LogP contribution in [0.25, 0.3) is 11.1 Å². The van der Waals surface area contributed by atoms with Crippen LogP contribution in [0, 0.1) is 23.4 Å². The molecule has 2 heterocycles. The molecular weight excluding hydrogens is 592 g/mol. The van der Waals surface area contributed by atoms with Crippen LogP contribution in [-0.2, 0) is 23.9 Å². The Morgan fingerprint density at radius 2 is 1.82 bits per heavy atom. The Morgan fingerprint density at radius 3 is 2.50 bits per heavy atom. The molecule has 2 aromatic heterocycles. The number of carbonyl (C=O) groups excluding carboxylic acids is 2. The summed E-state index contributed by atoms with van der Waals surface area (Å²) in [5.41, 5.74) is 4.37. The first-order valence-electron chi connectivity index (χ1n) is 13.5. The molecule has 6 rings (SSSR count). The van der Waals surface area contributed by atoms with Gasteiger partial charge in [-0.15, -0.1) is 0 Å². The van der Waals surface area contributed by atoms with Crippen molar-refractivity contribution in [3.05, 3.63) is 106 Å². The van der Waals surface area contributed by atoms with E-state index in [1.165, 1.54) is 24.4 Å². The fraction of sp³-hybridized carbons (Fsp3) is 0.267. The fourth-order valence-corrected chi connectivity index (χ4v) is 5.97. The van der Waals surface area contributed by atoms with Crippen molar-refractivity contribution in [2.24, 2.45) is 11.7 Å². The summed E-state index contributed by atoms with van der Waals surface area (Å²) in [6.45, 7) is -0.646. The van der Waals surface area contributed by atoms with Gasteiger partial charge >= 0.3 is 6.18 Å². The Hall–Kier alpha value is -4.72. The number of pyridine rings is 1. The summed E-state index contributed by atoms with van der Waals surface area (Å²) in [5.74, 6) is -5.16. The summed E-state index contributed by atoms with van der Waals surface area (Å²) in [6, 6.07) is 8.35. The second-order valence-electron chi connectivity index (χ2n) is 10.9. The van der Waals surface area contributed by atoms with Crippen LogP contribution in [0.1, 0.15) is 63.1 Å². The topological polar surface area (TPSA) is 123 Å². The maximum atomic E-state index is 14.2. The number of nitrogens with zero attached hydrogens (tertiary/aromatic N) is 3. The molecule has 1 saturated carbocycles. The van der Waals surface area contributed by atoms with Crippen molar-refractivity contribution in [2.45, 2.75) is 43.6 Å². The van der Waals surface area contributed by atoms with Crippen LogP contribution in [0.4, 0.5) is 26.3 Å². The van der Waals surface area contributed by atoms with E-state index in [-0.39, 0.29) is 40.8 Å². The number of aliphatic hydroxyl groups is 1. The minimum absolute atomic E-state index is 0.129. The third-order valence-electron chi connectivity index (χ3n) is 7.89. The molecule has 0 saturated heterocycles. The highest BCUT2D eigenvalue weighted by Crippen LogP contribution is 2.63. The molecule has 0 aliphatic heterocycles. The first-order valence-corrected chi connectivity index (χ1v) is 13.5. The average Bonchev–Trinajstić information content (AvgIpc) is 3.56. The van der Waals surface area contributed by atoms with Crippen molar-refractivity contribution in [2.75, 3.05) is 0 Å². The number of primary amides is 1. The van der Waals surface area contributed by atoms with Crippen LogP contribution in [0.5, 0.6) is 0 Å². The Bertz CT molecular complexity index is 1790. The monoisotopic (exact) mass is 615 g/mol. The van der Waals surface area contributed by atoms with Gasteiger partial charge in [-0.25, -0.2) is 13.2 Å². The van der Waals surface area contributed by atoms with Gasteiger partial charge in [-0.3, -0.25) is 19.3 Å². The van der Waals surface area contributed by atoms with E-state index in [1.807, 2.05) is 0 Å². The lowest BCUT2D eigenvalue weighted by Crippen LogP contribution is -2.34. The highest BCUT2D eigenvalue weighted by molar-refractivity contribution is 5.94. The quantitative estimate of drug-likeness (QED) is 0.248. The van der Waals surface area contributed by atoms with Gasteiger partial charge in [0, 0.05) is 35.0 Å². The number of aliphatic hydroxyl groups excluding tert-OH is 1. The number of nitrogens with two attached hydrogens (primary N) is 1. The van der Waals surface area contributed by atoms with Gasteiger partial charge in [0.1, 0.15) is 24.0 Å². The zero-order valence-corrected chi connectivity index (χ0v) is 22.6. The molecular formula is C30H23F6N5O3. The largest absolute Gasteiger partial charge is 0.435 e. The number of carbonyl (C=O) groups is 2. The van der Waals surface area contributed by atoms with Gasteiger partial charge in [0.15, 0.2) is 5.69 Å². The molecule has 4 aromatic rings. The molecule has 2 aliphatic carbocycles. The third-order valence-corrected chi connectivity index (χ3v) is 7.89. The van der Waals surface area contributed by atoms with Crippen LogP contribution in [0.3, 0.4) is 0 Å². The van der Waals surface area contributed by atoms with Crippen LogP contribution in [0.15, 0.2) is 54.7 Å². The van der Waals surface area contributed by atoms with Crippen molar-refractivity contribution < 1.29 is 41.0 Å². The lowest BCUT2D eigenvalue weighted by molar-refractivity contribution is -0.143. The summed E-state index contributed by atoms with van der Waals surface area (Å²) in [7, 11) is 0. The number of benzene rings is 2. The number of hydrogen-bond donors (Lipinski definition) is 3. The molecule has 0 spiro atoms. The van der Waals surface area contributed by atoms with E-state index in [0.29, 0.717) is 23.6 Å². The van der Waals surface area contributed by atoms with E-state index in [2.05, 4.69) is 15.4 Å². The molecule has 14 heteroatoms. The first kappa shape index (κ1) is 29.4. The second-order valence-corrected chi connectivity index (χ2v) is 10.9. The van der Waals surface area contributed by atoms with E-state index in [9.17, 15) is 41.0 Å². The standard InChI is InChI=1S/C30H23F6N5O3/c31-15-6-13(7-16(32)10-15)8-22(25-17(2-1-5-38-25)14-3-4-21(33)20(9-14)29(37)44)39-23(42)12-41-26-18-11-19(18)27(43)24(26)28(40-41)30(34,35)36/h1-7,9-10,18-19,22,27,43H,8,11-12H2,(H2,37,44)(H,39,42). The molecule has 0 bridgehead atoms. The van der Waals surface area contributed by atoms with E-state index >= 15 is 0 Å². The zero-order chi connectivity index (χ0) is 31.5. The van der Waals surface area contributed by atoms with E-state index in [0.717, 1.165) is 22.9 Å². The summed E-state index contributed by atoms with van der Waals surface area (Å²) in [6.07, 6.45) is -4.55. The highest BCUT2D eigenvalue weighted by Gasteiger charge is 2.58. The highest BCUT2D eigenvalue weighted by atomic mass is 19.4. The molecule has 8 nitrogen and oxygen atoms in total. The molecule has 4 N–H and O–H groups in total. The lowest BCUT2D eigenvalue weighted by Gasteiger charge is -2.22. The Morgan fingerprint density at radius 1 is 1.09 bits per heavy atom. The maximum absolute atomic E-state index is 14.2. The van der Waals surface area contributed by atoms with Gasteiger partial charge in [-0.1, -0.05) is 12.1 Å². The molecule has 2 aromatic carbocycles. The van der Waals surface area contributed by atoms with E-state index in [4.69, 9.17) is 5.73 Å². The number of halogens is 6. The number of fused-ring (bicyclic) bond motifs is 3. The average molecular weight is 616 g/mol. The first-order chi connectivity index (χ1) is 20.8. The SMILES string of the molecule is NC(=O)c1cc(-c2cccnc2C(Cc2cc(F)cc(F)c2)NC(=O)Cn2nc(C(F)(F)F)c3c2C2CC2C3O)ccc1F. The summed E-state index contributed by atoms with van der Waals surface area (Å²) < 4.78 is 84.6. The molecule has 4 unspecified atom stereocenters. The lowest BCUT2D eigenvalue weighted by atomic mass is 9.94. The molecule has 1 fully saturated rings. The van der Waals surface area contributed by atoms with Crippen LogP contribution < -0.4 is 11.1 Å². The normalized spacial score (nSPS) is 19.3. The summed E-state index contributed by atoms with van der Waals surface area (Å²) in [4.78, 5) is 29.6. The van der Waals surface area contributed by atoms with Gasteiger partial charge in [0.25, 0.3) is 5.91 Å². The van der Waals surface area contributed by atoms with Crippen molar-refractivity contribution in [3.8, 4) is 11.1 Å². The van der Waals surface area contributed by atoms with Gasteiger partial charge < -0.3 is 16.2 Å². The number of hydrogen-bond acceptors (Lipinski definition) is 5. The van der Waals surface area contributed by atoms with Gasteiger partial charge in [-0.2, -0.15) is 18.3 Å². The van der Waals surface area contributed by atoms with Gasteiger partial charge in [0.2, 0.25) is 5.91 Å². The summed E-state index contributed by atoms with van der Waals surface area (Å²) >= 11 is 0. The molecule has 0 radical (unpaired) electrons. The predicted molar refractivity (Wildman–Crippen MR) is 142 cm³/mol. The van der Waals surface area contributed by atoms with Crippen molar-refractivity contribution >= 4 is 11.8 Å². The van der Waals surface area contributed by atoms with Crippen LogP contribution in [-0.4, -0.2) is 31.7 Å². The fourth-order valence-electron chi connectivity index (χ4n) is 5.97. The van der Waals surface area contributed by atoms with Crippen molar-refractivity contribution in [1.82, 2.24) is 20.1 Å². The molecule has 4 atom stereocenters. The minimum atomic E-state index is -4.85. The number of alkyl halides is 3. The number of amides is 2. The molecule has 2 amide bonds. The number of aromatic nitrogens is 3.